The maximum Gasteiger partial charge on any atom is 0.296 e. The fourth-order valence-corrected chi connectivity index (χ4v) is 2.31. The van der Waals surface area contributed by atoms with Gasteiger partial charge in [0, 0.05) is 5.69 Å². The van der Waals surface area contributed by atoms with E-state index in [1.165, 1.54) is 0 Å². The number of rotatable bonds is 4. The van der Waals surface area contributed by atoms with Crippen molar-refractivity contribution in [2.75, 3.05) is 4.72 Å². The lowest BCUT2D eigenvalue weighted by atomic mass is 10.0. The summed E-state index contributed by atoms with van der Waals surface area (Å²) in [6.07, 6.45) is 0. The van der Waals surface area contributed by atoms with Gasteiger partial charge in [0.05, 0.1) is 9.83 Å². The lowest BCUT2D eigenvalue weighted by Gasteiger charge is -2.09. The third kappa shape index (κ3) is 3.96. The first-order chi connectivity index (χ1) is 6.94. The third-order valence-electron chi connectivity index (χ3n) is 1.89. The molecule has 0 radical (unpaired) electrons. The first-order valence-electron chi connectivity index (χ1n) is 4.40. The minimum absolute atomic E-state index is 0.373. The molecule has 3 nitrogen and oxygen atoms in total. The standard InChI is InChI=1S/C9H13NO2S3/c1-7(2)8-4-3-5-9(6-8)10-15(11,12)14-13/h3-7,10,13H,1-2H3. The zero-order chi connectivity index (χ0) is 11.5. The zero-order valence-corrected chi connectivity index (χ0v) is 11.0. The molecule has 0 aliphatic carbocycles. The molecule has 15 heavy (non-hydrogen) atoms. The molecule has 6 heteroatoms. The highest BCUT2D eigenvalue weighted by molar-refractivity contribution is 9.02. The Bertz CT molecular complexity index is 429. The molecule has 0 amide bonds. The highest BCUT2D eigenvalue weighted by atomic mass is 33.5. The summed E-state index contributed by atoms with van der Waals surface area (Å²) >= 11 is 3.66. The van der Waals surface area contributed by atoms with E-state index < -0.39 is 9.06 Å². The van der Waals surface area contributed by atoms with Gasteiger partial charge in [0.2, 0.25) is 0 Å². The summed E-state index contributed by atoms with van der Waals surface area (Å²) < 4.78 is 24.9. The lowest BCUT2D eigenvalue weighted by Crippen LogP contribution is -2.06. The molecule has 1 aromatic carbocycles. The quantitative estimate of drug-likeness (QED) is 0.648. The van der Waals surface area contributed by atoms with Gasteiger partial charge in [0.15, 0.2) is 0 Å². The Hall–Kier alpha value is -0.330. The van der Waals surface area contributed by atoms with Crippen LogP contribution >= 0.6 is 21.5 Å². The third-order valence-corrected chi connectivity index (χ3v) is 5.18. The Kier molecular flexibility index (Phi) is 4.36. The van der Waals surface area contributed by atoms with Gasteiger partial charge in [-0.3, -0.25) is 4.72 Å². The van der Waals surface area contributed by atoms with Crippen LogP contribution in [0.4, 0.5) is 5.69 Å². The molecule has 0 heterocycles. The molecule has 0 bridgehead atoms. The van der Waals surface area contributed by atoms with E-state index in [0.29, 0.717) is 21.4 Å². The second-order valence-electron chi connectivity index (χ2n) is 3.41. The molecule has 0 aliphatic heterocycles. The van der Waals surface area contributed by atoms with E-state index in [-0.39, 0.29) is 0 Å². The van der Waals surface area contributed by atoms with Gasteiger partial charge in [-0.25, -0.2) is 0 Å². The van der Waals surface area contributed by atoms with Crippen LogP contribution in [0.5, 0.6) is 0 Å². The monoisotopic (exact) mass is 263 g/mol. The zero-order valence-electron chi connectivity index (χ0n) is 8.47. The Labute approximate surface area is 98.9 Å². The maximum absolute atomic E-state index is 11.2. The summed E-state index contributed by atoms with van der Waals surface area (Å²) in [6.45, 7) is 4.11. The minimum Gasteiger partial charge on any atom is -0.274 e. The lowest BCUT2D eigenvalue weighted by molar-refractivity contribution is 0.615. The van der Waals surface area contributed by atoms with E-state index in [2.05, 4.69) is 30.2 Å². The minimum atomic E-state index is -3.38. The molecule has 0 atom stereocenters. The summed E-state index contributed by atoms with van der Waals surface area (Å²) in [7, 11) is -2.89. The molecule has 0 aromatic heterocycles. The van der Waals surface area contributed by atoms with Crippen LogP contribution in [0.1, 0.15) is 25.3 Å². The van der Waals surface area contributed by atoms with Gasteiger partial charge in [0.1, 0.15) is 0 Å². The average Bonchev–Trinajstić information content (AvgIpc) is 2.17. The van der Waals surface area contributed by atoms with Gasteiger partial charge in [-0.1, -0.05) is 37.6 Å². The highest BCUT2D eigenvalue weighted by Gasteiger charge is 2.09. The van der Waals surface area contributed by atoms with E-state index in [1.54, 1.807) is 6.07 Å². The molecule has 0 saturated heterocycles. The van der Waals surface area contributed by atoms with Gasteiger partial charge in [0.25, 0.3) is 9.06 Å². The first-order valence-corrected chi connectivity index (χ1v) is 8.27. The van der Waals surface area contributed by atoms with Crippen LogP contribution in [0.2, 0.25) is 0 Å². The largest absolute Gasteiger partial charge is 0.296 e. The van der Waals surface area contributed by atoms with Crippen molar-refractivity contribution in [2.45, 2.75) is 19.8 Å². The molecule has 0 aliphatic rings. The number of thiol groups is 1. The van der Waals surface area contributed by atoms with Gasteiger partial charge < -0.3 is 0 Å². The topological polar surface area (TPSA) is 46.2 Å². The molecule has 84 valence electrons. The molecular formula is C9H13NO2S3. The van der Waals surface area contributed by atoms with Crippen molar-refractivity contribution in [2.24, 2.45) is 0 Å². The van der Waals surface area contributed by atoms with Crippen molar-refractivity contribution in [3.8, 4) is 0 Å². The normalized spacial score (nSPS) is 11.7. The van der Waals surface area contributed by atoms with E-state index in [0.717, 1.165) is 5.56 Å². The van der Waals surface area contributed by atoms with E-state index in [9.17, 15) is 8.42 Å². The molecular weight excluding hydrogens is 250 g/mol. The molecule has 1 rings (SSSR count). The van der Waals surface area contributed by atoms with Crippen molar-refractivity contribution >= 4 is 36.2 Å². The number of anilines is 1. The van der Waals surface area contributed by atoms with E-state index in [4.69, 9.17) is 0 Å². The number of hydrogen-bond acceptors (Lipinski definition) is 4. The van der Waals surface area contributed by atoms with Crippen LogP contribution in [0.25, 0.3) is 0 Å². The van der Waals surface area contributed by atoms with E-state index in [1.807, 2.05) is 18.2 Å². The van der Waals surface area contributed by atoms with E-state index >= 15 is 0 Å². The fourth-order valence-electron chi connectivity index (χ4n) is 1.12. The molecule has 1 aromatic rings. The predicted molar refractivity (Wildman–Crippen MR) is 69.7 cm³/mol. The summed E-state index contributed by atoms with van der Waals surface area (Å²) in [5.41, 5.74) is 1.67. The van der Waals surface area contributed by atoms with Gasteiger partial charge in [-0.05, 0) is 23.6 Å². The predicted octanol–water partition coefficient (Wildman–Crippen LogP) is 3.04. The number of nitrogens with one attached hydrogen (secondary N) is 1. The average molecular weight is 263 g/mol. The smallest absolute Gasteiger partial charge is 0.274 e. The molecule has 0 saturated carbocycles. The molecule has 0 unspecified atom stereocenters. The number of benzene rings is 1. The van der Waals surface area contributed by atoms with Crippen LogP contribution in [0, 0.1) is 0 Å². The molecule has 0 spiro atoms. The highest BCUT2D eigenvalue weighted by Crippen LogP contribution is 2.23. The van der Waals surface area contributed by atoms with Crippen LogP contribution in [-0.4, -0.2) is 8.42 Å². The van der Waals surface area contributed by atoms with Gasteiger partial charge in [-0.2, -0.15) is 8.42 Å². The van der Waals surface area contributed by atoms with Crippen molar-refractivity contribution in [1.29, 1.82) is 0 Å². The summed E-state index contributed by atoms with van der Waals surface area (Å²) in [5.74, 6) is 0.373. The Morgan fingerprint density at radius 1 is 1.40 bits per heavy atom. The second kappa shape index (κ2) is 5.14. The van der Waals surface area contributed by atoms with Crippen molar-refractivity contribution in [1.82, 2.24) is 0 Å². The van der Waals surface area contributed by atoms with Crippen LogP contribution in [0.15, 0.2) is 24.3 Å². The van der Waals surface area contributed by atoms with Crippen molar-refractivity contribution in [3.05, 3.63) is 29.8 Å². The Balaban J connectivity index is 2.92. The first kappa shape index (κ1) is 12.7. The Morgan fingerprint density at radius 3 is 2.60 bits per heavy atom. The molecule has 0 fully saturated rings. The van der Waals surface area contributed by atoms with Crippen LogP contribution in [0.3, 0.4) is 0 Å². The second-order valence-corrected chi connectivity index (χ2v) is 7.78. The van der Waals surface area contributed by atoms with Crippen molar-refractivity contribution < 1.29 is 8.42 Å². The SMILES string of the molecule is CC(C)c1cccc(NS(=O)(=O)SS)c1. The fraction of sp³-hybridized carbons (Fsp3) is 0.333. The van der Waals surface area contributed by atoms with Crippen LogP contribution < -0.4 is 4.72 Å². The van der Waals surface area contributed by atoms with Gasteiger partial charge in [-0.15, -0.1) is 0 Å². The summed E-state index contributed by atoms with van der Waals surface area (Å²) in [5, 5.41) is 0. The summed E-state index contributed by atoms with van der Waals surface area (Å²) in [6, 6.07) is 7.34. The van der Waals surface area contributed by atoms with Crippen LogP contribution in [-0.2, 0) is 9.06 Å². The van der Waals surface area contributed by atoms with Gasteiger partial charge >= 0.3 is 0 Å². The van der Waals surface area contributed by atoms with Crippen molar-refractivity contribution in [3.63, 3.8) is 0 Å². The number of hydrogen-bond donors (Lipinski definition) is 2. The summed E-state index contributed by atoms with van der Waals surface area (Å²) in [4.78, 5) is 0. The molecule has 1 N–H and O–H groups in total. The Morgan fingerprint density at radius 2 is 2.07 bits per heavy atom. The maximum atomic E-state index is 11.2.